The summed E-state index contributed by atoms with van der Waals surface area (Å²) in [5.74, 6) is -0.346. The summed E-state index contributed by atoms with van der Waals surface area (Å²) in [6, 6.07) is 5.94. The van der Waals surface area contributed by atoms with Crippen molar-refractivity contribution in [3.8, 4) is 5.75 Å². The van der Waals surface area contributed by atoms with E-state index in [1.54, 1.807) is 12.0 Å². The minimum Gasteiger partial charge on any atom is -0.497 e. The number of methoxy groups -OCH3 is 1. The largest absolute Gasteiger partial charge is 0.497 e. The van der Waals surface area contributed by atoms with E-state index in [1.165, 1.54) is 11.3 Å². The molecule has 0 radical (unpaired) electrons. The second-order valence-electron chi connectivity index (χ2n) is 8.64. The van der Waals surface area contributed by atoms with Crippen LogP contribution in [0.25, 0.3) is 10.2 Å². The summed E-state index contributed by atoms with van der Waals surface area (Å²) >= 11 is 1.47. The number of benzene rings is 1. The first-order valence-corrected chi connectivity index (χ1v) is 11.3. The highest BCUT2D eigenvalue weighted by Crippen LogP contribution is 2.53. The van der Waals surface area contributed by atoms with E-state index in [4.69, 9.17) is 9.47 Å². The number of rotatable bonds is 4. The molecule has 1 spiro atoms. The SMILES string of the molecule is COc1ccc2sc(N3C[C@]45C=CC(O4)C(C(=O)NC4CCCC4)C5C3=O)nc2c1. The lowest BCUT2D eigenvalue weighted by atomic mass is 9.76. The van der Waals surface area contributed by atoms with Crippen molar-refractivity contribution in [2.75, 3.05) is 18.6 Å². The van der Waals surface area contributed by atoms with E-state index in [1.807, 2.05) is 30.4 Å². The lowest BCUT2D eigenvalue weighted by Crippen LogP contribution is -2.46. The van der Waals surface area contributed by atoms with Crippen molar-refractivity contribution in [1.82, 2.24) is 10.3 Å². The van der Waals surface area contributed by atoms with Crippen molar-refractivity contribution in [1.29, 1.82) is 0 Å². The third-order valence-corrected chi connectivity index (χ3v) is 7.98. The van der Waals surface area contributed by atoms with Crippen LogP contribution in [0, 0.1) is 11.8 Å². The zero-order valence-corrected chi connectivity index (χ0v) is 17.5. The van der Waals surface area contributed by atoms with Crippen molar-refractivity contribution in [2.45, 2.75) is 43.4 Å². The predicted molar refractivity (Wildman–Crippen MR) is 113 cm³/mol. The van der Waals surface area contributed by atoms with Gasteiger partial charge in [0.2, 0.25) is 11.8 Å². The maximum Gasteiger partial charge on any atom is 0.236 e. The van der Waals surface area contributed by atoms with Gasteiger partial charge < -0.3 is 14.8 Å². The molecule has 2 saturated heterocycles. The van der Waals surface area contributed by atoms with E-state index in [0.29, 0.717) is 11.7 Å². The Balaban J connectivity index is 1.30. The molecule has 1 saturated carbocycles. The Morgan fingerprint density at radius 3 is 3.00 bits per heavy atom. The van der Waals surface area contributed by atoms with Gasteiger partial charge in [0.1, 0.15) is 11.4 Å². The number of anilines is 1. The van der Waals surface area contributed by atoms with Gasteiger partial charge in [0.25, 0.3) is 0 Å². The third-order valence-electron chi connectivity index (χ3n) is 6.92. The van der Waals surface area contributed by atoms with Crippen molar-refractivity contribution < 1.29 is 19.1 Å². The van der Waals surface area contributed by atoms with Crippen LogP contribution < -0.4 is 15.0 Å². The van der Waals surface area contributed by atoms with Gasteiger partial charge in [-0.15, -0.1) is 0 Å². The molecule has 3 unspecified atom stereocenters. The molecule has 3 fully saturated rings. The van der Waals surface area contributed by atoms with E-state index in [-0.39, 0.29) is 24.0 Å². The number of nitrogens with zero attached hydrogens (tertiary/aromatic N) is 2. The van der Waals surface area contributed by atoms with Crippen LogP contribution in [0.1, 0.15) is 25.7 Å². The minimum absolute atomic E-state index is 0.0487. The van der Waals surface area contributed by atoms with Crippen LogP contribution in [-0.2, 0) is 14.3 Å². The number of carbonyl (C=O) groups is 2. The summed E-state index contributed by atoms with van der Waals surface area (Å²) in [4.78, 5) is 33.0. The lowest BCUT2D eigenvalue weighted by molar-refractivity contribution is -0.132. The van der Waals surface area contributed by atoms with Gasteiger partial charge in [-0.3, -0.25) is 14.5 Å². The molecular weight excluding hydrogens is 402 g/mol. The number of aromatic nitrogens is 1. The quantitative estimate of drug-likeness (QED) is 0.762. The highest BCUT2D eigenvalue weighted by atomic mass is 32.1. The average Bonchev–Trinajstić information content (AvgIpc) is 3.54. The Hall–Kier alpha value is -2.45. The number of fused-ring (bicyclic) bond motifs is 2. The first-order valence-electron chi connectivity index (χ1n) is 10.5. The number of thiazole rings is 1. The maximum atomic E-state index is 13.5. The fraction of sp³-hybridized carbons (Fsp3) is 0.500. The number of carbonyl (C=O) groups excluding carboxylic acids is 2. The van der Waals surface area contributed by atoms with Crippen LogP contribution in [0.3, 0.4) is 0 Å². The van der Waals surface area contributed by atoms with E-state index in [2.05, 4.69) is 10.3 Å². The summed E-state index contributed by atoms with van der Waals surface area (Å²) in [6.45, 7) is 0.396. The second kappa shape index (κ2) is 6.52. The first kappa shape index (κ1) is 18.3. The molecule has 3 aliphatic heterocycles. The molecule has 1 aliphatic carbocycles. The zero-order chi connectivity index (χ0) is 20.5. The molecule has 2 bridgehead atoms. The molecule has 156 valence electrons. The fourth-order valence-electron chi connectivity index (χ4n) is 5.46. The zero-order valence-electron chi connectivity index (χ0n) is 16.7. The second-order valence-corrected chi connectivity index (χ2v) is 9.65. The minimum atomic E-state index is -0.727. The normalized spacial score (nSPS) is 32.4. The molecule has 8 heteroatoms. The van der Waals surface area contributed by atoms with Crippen LogP contribution in [0.2, 0.25) is 0 Å². The predicted octanol–water partition coefficient (Wildman–Crippen LogP) is 2.65. The number of hydrogen-bond donors (Lipinski definition) is 1. The van der Waals surface area contributed by atoms with Gasteiger partial charge in [0, 0.05) is 12.1 Å². The average molecular weight is 426 g/mol. The van der Waals surface area contributed by atoms with Crippen LogP contribution in [0.5, 0.6) is 5.75 Å². The van der Waals surface area contributed by atoms with E-state index < -0.39 is 17.4 Å². The first-order chi connectivity index (χ1) is 14.6. The number of nitrogens with one attached hydrogen (secondary N) is 1. The van der Waals surface area contributed by atoms with E-state index in [0.717, 1.165) is 41.6 Å². The Morgan fingerprint density at radius 2 is 2.20 bits per heavy atom. The highest BCUT2D eigenvalue weighted by molar-refractivity contribution is 7.22. The monoisotopic (exact) mass is 425 g/mol. The lowest BCUT2D eigenvalue weighted by Gasteiger charge is -2.24. The summed E-state index contributed by atoms with van der Waals surface area (Å²) in [6.07, 6.45) is 7.96. The van der Waals surface area contributed by atoms with Crippen molar-refractivity contribution in [3.63, 3.8) is 0 Å². The summed E-state index contributed by atoms with van der Waals surface area (Å²) in [5.41, 5.74) is 0.0719. The van der Waals surface area contributed by atoms with Gasteiger partial charge in [-0.25, -0.2) is 4.98 Å². The molecule has 7 nitrogen and oxygen atoms in total. The van der Waals surface area contributed by atoms with Gasteiger partial charge in [-0.1, -0.05) is 36.3 Å². The Kier molecular flexibility index (Phi) is 3.98. The number of hydrogen-bond acceptors (Lipinski definition) is 6. The maximum absolute atomic E-state index is 13.5. The molecule has 6 rings (SSSR count). The molecule has 1 N–H and O–H groups in total. The molecule has 4 heterocycles. The Morgan fingerprint density at radius 1 is 1.37 bits per heavy atom. The van der Waals surface area contributed by atoms with Gasteiger partial charge in [-0.2, -0.15) is 0 Å². The van der Waals surface area contributed by atoms with Gasteiger partial charge in [-0.05, 0) is 25.0 Å². The van der Waals surface area contributed by atoms with Crippen molar-refractivity contribution in [3.05, 3.63) is 30.4 Å². The molecule has 30 heavy (non-hydrogen) atoms. The highest BCUT2D eigenvalue weighted by Gasteiger charge is 2.67. The van der Waals surface area contributed by atoms with Crippen molar-refractivity contribution >= 4 is 38.5 Å². The van der Waals surface area contributed by atoms with Crippen LogP contribution >= 0.6 is 11.3 Å². The molecule has 1 aromatic carbocycles. The van der Waals surface area contributed by atoms with E-state index >= 15 is 0 Å². The van der Waals surface area contributed by atoms with E-state index in [9.17, 15) is 9.59 Å². The number of ether oxygens (including phenoxy) is 2. The molecule has 2 amide bonds. The van der Waals surface area contributed by atoms with Crippen LogP contribution in [0.4, 0.5) is 5.13 Å². The van der Waals surface area contributed by atoms with Crippen LogP contribution in [-0.4, -0.2) is 48.2 Å². The molecule has 1 aromatic heterocycles. The van der Waals surface area contributed by atoms with Gasteiger partial charge in [0.05, 0.1) is 41.8 Å². The van der Waals surface area contributed by atoms with Gasteiger partial charge >= 0.3 is 0 Å². The molecular formula is C22H23N3O4S. The molecule has 4 aliphatic rings. The standard InChI is InChI=1S/C22H23N3O4S/c1-28-13-6-7-16-14(10-13)24-21(30-16)25-11-22-9-8-15(29-22)17(18(22)20(25)27)19(26)23-12-4-2-3-5-12/h6-10,12,15,17-18H,2-5,11H2,1H3,(H,23,26)/t15?,17?,18?,22-/m0/s1. The summed E-state index contributed by atoms with van der Waals surface area (Å²) < 4.78 is 12.5. The fourth-order valence-corrected chi connectivity index (χ4v) is 6.42. The van der Waals surface area contributed by atoms with Crippen LogP contribution in [0.15, 0.2) is 30.4 Å². The van der Waals surface area contributed by atoms with Crippen molar-refractivity contribution in [2.24, 2.45) is 11.8 Å². The molecule has 2 aromatic rings. The third kappa shape index (κ3) is 2.56. The topological polar surface area (TPSA) is 80.8 Å². The number of amides is 2. The summed E-state index contributed by atoms with van der Waals surface area (Å²) in [7, 11) is 1.62. The van der Waals surface area contributed by atoms with Gasteiger partial charge in [0.15, 0.2) is 5.13 Å². The summed E-state index contributed by atoms with van der Waals surface area (Å²) in [5, 5.41) is 3.81. The molecule has 4 atom stereocenters. The Labute approximate surface area is 178 Å². The Bertz CT molecular complexity index is 1080. The smallest absolute Gasteiger partial charge is 0.236 e.